The smallest absolute Gasteiger partial charge is 0.326 e. The number of hydrogen-bond acceptors (Lipinski definition) is 9. The molecule has 0 radical (unpaired) electrons. The summed E-state index contributed by atoms with van der Waals surface area (Å²) >= 11 is 6.15. The Hall–Kier alpha value is -3.05. The first kappa shape index (κ1) is 28.5. The SMILES string of the molecule is CCCOC(=O)C(C)(C)N[P@](=O)(CO[C@H](C)Cn1cnc2c(N)ncnc21)NC(=O)c1ccccc1Cl. The van der Waals surface area contributed by atoms with Crippen LogP contribution in [0.1, 0.15) is 44.5 Å². The van der Waals surface area contributed by atoms with Crippen LogP contribution in [0.2, 0.25) is 5.02 Å². The van der Waals surface area contributed by atoms with E-state index >= 15 is 0 Å². The fourth-order valence-corrected chi connectivity index (χ4v) is 5.74. The molecule has 4 N–H and O–H groups in total. The molecule has 0 saturated carbocycles. The summed E-state index contributed by atoms with van der Waals surface area (Å²) in [5.41, 5.74) is 5.57. The number of hydrogen-bond donors (Lipinski definition) is 3. The summed E-state index contributed by atoms with van der Waals surface area (Å²) in [4.78, 5) is 37.9. The number of esters is 1. The first-order valence-electron chi connectivity index (χ1n) is 11.6. The fourth-order valence-electron chi connectivity index (χ4n) is 3.43. The Kier molecular flexibility index (Phi) is 9.25. The lowest BCUT2D eigenvalue weighted by Gasteiger charge is -2.31. The van der Waals surface area contributed by atoms with Crippen LogP contribution in [0.25, 0.3) is 11.2 Å². The molecule has 0 unspecified atom stereocenters. The Morgan fingerprint density at radius 2 is 1.97 bits per heavy atom. The number of carbonyl (C=O) groups excluding carboxylic acids is 2. The highest BCUT2D eigenvalue weighted by atomic mass is 35.5. The van der Waals surface area contributed by atoms with Gasteiger partial charge in [0.1, 0.15) is 23.7 Å². The predicted octanol–water partition coefficient (Wildman–Crippen LogP) is 3.37. The van der Waals surface area contributed by atoms with Crippen LogP contribution in [0.3, 0.4) is 0 Å². The summed E-state index contributed by atoms with van der Waals surface area (Å²) in [6.45, 7) is 7.17. The quantitative estimate of drug-likeness (QED) is 0.224. The molecule has 37 heavy (non-hydrogen) atoms. The summed E-state index contributed by atoms with van der Waals surface area (Å²) in [6.07, 6.45) is 2.61. The molecule has 3 aromatic rings. The minimum absolute atomic E-state index is 0.132. The van der Waals surface area contributed by atoms with Crippen molar-refractivity contribution < 1.29 is 23.6 Å². The number of nitrogen functional groups attached to an aromatic ring is 1. The average molecular weight is 552 g/mol. The molecule has 2 aromatic heterocycles. The second kappa shape index (κ2) is 12.0. The lowest BCUT2D eigenvalue weighted by molar-refractivity contribution is -0.149. The minimum Gasteiger partial charge on any atom is -0.464 e. The molecule has 3 rings (SSSR count). The van der Waals surface area contributed by atoms with Crippen LogP contribution in [0.4, 0.5) is 5.82 Å². The Balaban J connectivity index is 1.78. The first-order valence-corrected chi connectivity index (χ1v) is 13.9. The Morgan fingerprint density at radius 1 is 1.24 bits per heavy atom. The number of nitrogens with two attached hydrogens (primary N) is 1. The summed E-state index contributed by atoms with van der Waals surface area (Å²) in [5.74, 6) is -1.04. The number of aromatic nitrogens is 4. The number of imidazole rings is 1. The van der Waals surface area contributed by atoms with Crippen LogP contribution in [0, 0.1) is 0 Å². The molecule has 0 aliphatic carbocycles. The third-order valence-corrected chi connectivity index (χ3v) is 7.56. The third-order valence-electron chi connectivity index (χ3n) is 5.23. The Bertz CT molecular complexity index is 1320. The van der Waals surface area contributed by atoms with Crippen molar-refractivity contribution in [1.82, 2.24) is 29.7 Å². The Morgan fingerprint density at radius 3 is 2.68 bits per heavy atom. The summed E-state index contributed by atoms with van der Waals surface area (Å²) in [5, 5.41) is 5.47. The van der Waals surface area contributed by atoms with Gasteiger partial charge in [-0.3, -0.25) is 19.2 Å². The Labute approximate surface area is 219 Å². The zero-order valence-electron chi connectivity index (χ0n) is 21.1. The number of amides is 1. The van der Waals surface area contributed by atoms with Gasteiger partial charge in [-0.2, -0.15) is 0 Å². The van der Waals surface area contributed by atoms with Crippen LogP contribution in [-0.4, -0.2) is 56.0 Å². The van der Waals surface area contributed by atoms with Gasteiger partial charge in [0.25, 0.3) is 13.4 Å². The van der Waals surface area contributed by atoms with Crippen LogP contribution in [0.5, 0.6) is 0 Å². The lowest BCUT2D eigenvalue weighted by Crippen LogP contribution is -2.49. The number of carbonyl (C=O) groups is 2. The fraction of sp³-hybridized carbons (Fsp3) is 0.435. The molecule has 1 amide bonds. The van der Waals surface area contributed by atoms with Crippen molar-refractivity contribution in [3.63, 3.8) is 0 Å². The largest absolute Gasteiger partial charge is 0.464 e. The van der Waals surface area contributed by atoms with Crippen molar-refractivity contribution in [3.8, 4) is 0 Å². The molecule has 0 aliphatic heterocycles. The summed E-state index contributed by atoms with van der Waals surface area (Å²) in [6, 6.07) is 6.36. The molecule has 0 fully saturated rings. The molecule has 1 aromatic carbocycles. The molecule has 14 heteroatoms. The van der Waals surface area contributed by atoms with E-state index in [9.17, 15) is 14.2 Å². The number of halogens is 1. The van der Waals surface area contributed by atoms with Crippen molar-refractivity contribution >= 4 is 47.9 Å². The van der Waals surface area contributed by atoms with Crippen molar-refractivity contribution in [3.05, 3.63) is 47.5 Å². The van der Waals surface area contributed by atoms with Crippen LogP contribution in [0.15, 0.2) is 36.9 Å². The van der Waals surface area contributed by atoms with E-state index in [4.69, 9.17) is 26.8 Å². The number of rotatable bonds is 12. The number of nitrogens with zero attached hydrogens (tertiary/aromatic N) is 4. The van der Waals surface area contributed by atoms with Crippen LogP contribution < -0.4 is 15.9 Å². The van der Waals surface area contributed by atoms with E-state index in [0.717, 1.165) is 0 Å². The van der Waals surface area contributed by atoms with Gasteiger partial charge in [-0.1, -0.05) is 30.7 Å². The van der Waals surface area contributed by atoms with E-state index in [-0.39, 0.29) is 23.0 Å². The number of fused-ring (bicyclic) bond motifs is 1. The average Bonchev–Trinajstić information content (AvgIpc) is 3.25. The molecular weight excluding hydrogens is 521 g/mol. The molecule has 0 aliphatic rings. The van der Waals surface area contributed by atoms with Gasteiger partial charge in [0.15, 0.2) is 11.5 Å². The number of nitrogens with one attached hydrogen (secondary N) is 2. The molecule has 0 spiro atoms. The van der Waals surface area contributed by atoms with Gasteiger partial charge in [-0.15, -0.1) is 0 Å². The van der Waals surface area contributed by atoms with E-state index in [1.165, 1.54) is 26.2 Å². The molecule has 200 valence electrons. The molecular formula is C23H31ClN7O5P. The van der Waals surface area contributed by atoms with Gasteiger partial charge < -0.3 is 19.8 Å². The molecule has 0 bridgehead atoms. The van der Waals surface area contributed by atoms with Gasteiger partial charge in [0.05, 0.1) is 36.2 Å². The van der Waals surface area contributed by atoms with E-state index in [1.54, 1.807) is 36.0 Å². The predicted molar refractivity (Wildman–Crippen MR) is 140 cm³/mol. The second-order valence-corrected chi connectivity index (χ2v) is 11.6. The van der Waals surface area contributed by atoms with Gasteiger partial charge >= 0.3 is 5.97 Å². The van der Waals surface area contributed by atoms with Crippen molar-refractivity contribution in [1.29, 1.82) is 0 Å². The van der Waals surface area contributed by atoms with Gasteiger partial charge in [0.2, 0.25) is 0 Å². The van der Waals surface area contributed by atoms with Crippen molar-refractivity contribution in [2.45, 2.75) is 52.3 Å². The maximum atomic E-state index is 14.0. The highest BCUT2D eigenvalue weighted by Gasteiger charge is 2.39. The van der Waals surface area contributed by atoms with Gasteiger partial charge in [-0.05, 0) is 39.3 Å². The van der Waals surface area contributed by atoms with Gasteiger partial charge in [0, 0.05) is 0 Å². The minimum atomic E-state index is -3.87. The first-order chi connectivity index (χ1) is 17.5. The standard InChI is InChI=1S/C23H31ClN7O5P/c1-5-10-35-22(33)23(3,4)30-37(34,29-21(32)16-8-6-7-9-17(16)24)14-36-15(2)11-31-13-28-18-19(25)26-12-27-20(18)31/h6-9,12-13,15H,5,10-11,14H2,1-4H3,(H2,25,26,27)(H2,29,30,32,34)/t15-,37+/m1/s1. The van der Waals surface area contributed by atoms with Crippen LogP contribution >= 0.6 is 19.0 Å². The highest BCUT2D eigenvalue weighted by molar-refractivity contribution is 7.60. The van der Waals surface area contributed by atoms with E-state index < -0.39 is 37.3 Å². The summed E-state index contributed by atoms with van der Waals surface area (Å²) < 4.78 is 26.8. The van der Waals surface area contributed by atoms with Crippen LogP contribution in [-0.2, 0) is 25.4 Å². The molecule has 2 atom stereocenters. The number of benzene rings is 1. The maximum absolute atomic E-state index is 14.0. The van der Waals surface area contributed by atoms with Gasteiger partial charge in [-0.25, -0.2) is 20.0 Å². The monoisotopic (exact) mass is 551 g/mol. The molecule has 0 saturated heterocycles. The van der Waals surface area contributed by atoms with E-state index in [2.05, 4.69) is 25.1 Å². The third kappa shape index (κ3) is 7.26. The second-order valence-electron chi connectivity index (χ2n) is 8.97. The lowest BCUT2D eigenvalue weighted by atomic mass is 10.1. The number of anilines is 1. The summed E-state index contributed by atoms with van der Waals surface area (Å²) in [7, 11) is -3.87. The molecule has 2 heterocycles. The number of ether oxygens (including phenoxy) is 2. The zero-order valence-corrected chi connectivity index (χ0v) is 22.8. The van der Waals surface area contributed by atoms with E-state index in [0.29, 0.717) is 24.1 Å². The van der Waals surface area contributed by atoms with Crippen molar-refractivity contribution in [2.75, 3.05) is 18.7 Å². The normalized spacial score (nSPS) is 14.2. The zero-order chi connectivity index (χ0) is 27.2. The topological polar surface area (TPSA) is 163 Å². The molecule has 12 nitrogen and oxygen atoms in total. The maximum Gasteiger partial charge on any atom is 0.326 e. The van der Waals surface area contributed by atoms with E-state index in [1.807, 2.05) is 6.92 Å². The highest BCUT2D eigenvalue weighted by Crippen LogP contribution is 2.40. The van der Waals surface area contributed by atoms with Crippen molar-refractivity contribution in [2.24, 2.45) is 0 Å².